The van der Waals surface area contributed by atoms with Crippen molar-refractivity contribution >= 4 is 21.8 Å². The third kappa shape index (κ3) is 6.35. The first-order valence-electron chi connectivity index (χ1n) is 9.99. The number of nitrogens with zero attached hydrogens (tertiary/aromatic N) is 1. The number of rotatable bonds is 8. The number of carbonyl (C=O) groups excluding carboxylic acids is 1. The van der Waals surface area contributed by atoms with Gasteiger partial charge in [0, 0.05) is 24.0 Å². The van der Waals surface area contributed by atoms with Crippen molar-refractivity contribution in [3.05, 3.63) is 64.1 Å². The summed E-state index contributed by atoms with van der Waals surface area (Å²) in [5.74, 6) is 1.63. The minimum Gasteiger partial charge on any atom is -0.497 e. The molecule has 0 aliphatic carbocycles. The van der Waals surface area contributed by atoms with Crippen molar-refractivity contribution in [2.24, 2.45) is 5.92 Å². The molecule has 1 saturated heterocycles. The van der Waals surface area contributed by atoms with E-state index in [4.69, 9.17) is 4.74 Å². The molecule has 2 aromatic carbocycles. The van der Waals surface area contributed by atoms with Gasteiger partial charge in [0.2, 0.25) is 5.91 Å². The molecule has 3 rings (SSSR count). The quantitative estimate of drug-likeness (QED) is 0.654. The van der Waals surface area contributed by atoms with Crippen LogP contribution in [0.15, 0.2) is 53.0 Å². The Bertz CT molecular complexity index is 755. The standard InChI is InChI=1S/C23H29BrN2O2/c1-28-21-9-6-19(7-10-21)17-26-14-12-18(13-15-26)16-25-23(27)11-8-20-4-2-3-5-22(20)24/h2-7,9-10,18H,8,11-17H2,1H3,(H,25,27). The molecule has 4 nitrogen and oxygen atoms in total. The van der Waals surface area contributed by atoms with Gasteiger partial charge in [-0.1, -0.05) is 46.3 Å². The van der Waals surface area contributed by atoms with E-state index in [1.165, 1.54) is 11.1 Å². The summed E-state index contributed by atoms with van der Waals surface area (Å²) in [5.41, 5.74) is 2.50. The van der Waals surface area contributed by atoms with Crippen LogP contribution in [-0.2, 0) is 17.8 Å². The summed E-state index contributed by atoms with van der Waals surface area (Å²) in [6.45, 7) is 3.95. The van der Waals surface area contributed by atoms with E-state index < -0.39 is 0 Å². The van der Waals surface area contributed by atoms with Crippen molar-refractivity contribution in [1.82, 2.24) is 10.2 Å². The molecular formula is C23H29BrN2O2. The van der Waals surface area contributed by atoms with Crippen molar-refractivity contribution in [2.75, 3.05) is 26.7 Å². The van der Waals surface area contributed by atoms with E-state index >= 15 is 0 Å². The highest BCUT2D eigenvalue weighted by atomic mass is 79.9. The second-order valence-electron chi connectivity index (χ2n) is 7.46. The van der Waals surface area contributed by atoms with Crippen LogP contribution in [0.2, 0.25) is 0 Å². The van der Waals surface area contributed by atoms with Gasteiger partial charge in [0.15, 0.2) is 0 Å². The number of hydrogen-bond donors (Lipinski definition) is 1. The SMILES string of the molecule is COc1ccc(CN2CCC(CNC(=O)CCc3ccccc3Br)CC2)cc1. The Kier molecular flexibility index (Phi) is 7.92. The number of ether oxygens (including phenoxy) is 1. The zero-order valence-electron chi connectivity index (χ0n) is 16.5. The van der Waals surface area contributed by atoms with Crippen molar-refractivity contribution in [1.29, 1.82) is 0 Å². The van der Waals surface area contributed by atoms with Crippen LogP contribution in [-0.4, -0.2) is 37.6 Å². The van der Waals surface area contributed by atoms with Crippen LogP contribution in [0, 0.1) is 5.92 Å². The number of likely N-dealkylation sites (tertiary alicyclic amines) is 1. The molecule has 0 bridgehead atoms. The number of aryl methyl sites for hydroxylation is 1. The molecule has 1 heterocycles. The van der Waals surface area contributed by atoms with Gasteiger partial charge in [0.05, 0.1) is 7.11 Å². The molecule has 5 heteroatoms. The van der Waals surface area contributed by atoms with Crippen molar-refractivity contribution in [2.45, 2.75) is 32.2 Å². The van der Waals surface area contributed by atoms with E-state index in [0.717, 1.165) is 55.7 Å². The highest BCUT2D eigenvalue weighted by Gasteiger charge is 2.19. The summed E-state index contributed by atoms with van der Waals surface area (Å²) in [6, 6.07) is 16.4. The highest BCUT2D eigenvalue weighted by molar-refractivity contribution is 9.10. The van der Waals surface area contributed by atoms with Gasteiger partial charge < -0.3 is 10.1 Å². The van der Waals surface area contributed by atoms with Crippen LogP contribution in [0.3, 0.4) is 0 Å². The molecule has 0 unspecified atom stereocenters. The molecule has 0 aromatic heterocycles. The number of nitrogens with one attached hydrogen (secondary N) is 1. The van der Waals surface area contributed by atoms with Crippen LogP contribution >= 0.6 is 15.9 Å². The molecule has 0 atom stereocenters. The molecule has 1 aliphatic heterocycles. The maximum Gasteiger partial charge on any atom is 0.220 e. The molecule has 1 aliphatic rings. The molecule has 28 heavy (non-hydrogen) atoms. The zero-order valence-corrected chi connectivity index (χ0v) is 18.1. The van der Waals surface area contributed by atoms with Crippen LogP contribution < -0.4 is 10.1 Å². The van der Waals surface area contributed by atoms with Gasteiger partial charge in [-0.25, -0.2) is 0 Å². The number of carbonyl (C=O) groups is 1. The van der Waals surface area contributed by atoms with Crippen molar-refractivity contribution < 1.29 is 9.53 Å². The third-order valence-electron chi connectivity index (χ3n) is 5.44. The molecule has 150 valence electrons. The van der Waals surface area contributed by atoms with E-state index in [2.05, 4.69) is 44.3 Å². The van der Waals surface area contributed by atoms with Gasteiger partial charge in [-0.2, -0.15) is 0 Å². The Morgan fingerprint density at radius 3 is 2.54 bits per heavy atom. The van der Waals surface area contributed by atoms with Crippen LogP contribution in [0.1, 0.15) is 30.4 Å². The summed E-state index contributed by atoms with van der Waals surface area (Å²) in [7, 11) is 1.69. The summed E-state index contributed by atoms with van der Waals surface area (Å²) in [4.78, 5) is 14.7. The summed E-state index contributed by atoms with van der Waals surface area (Å²) in [6.07, 6.45) is 3.59. The molecular weight excluding hydrogens is 416 g/mol. The van der Waals surface area contributed by atoms with Crippen molar-refractivity contribution in [3.63, 3.8) is 0 Å². The first-order valence-corrected chi connectivity index (χ1v) is 10.8. The van der Waals surface area contributed by atoms with Crippen LogP contribution in [0.4, 0.5) is 0 Å². The Morgan fingerprint density at radius 1 is 1.14 bits per heavy atom. The van der Waals surface area contributed by atoms with E-state index in [-0.39, 0.29) is 5.91 Å². The van der Waals surface area contributed by atoms with Crippen molar-refractivity contribution in [3.8, 4) is 5.75 Å². The van der Waals surface area contributed by atoms with Gasteiger partial charge >= 0.3 is 0 Å². The number of halogens is 1. The topological polar surface area (TPSA) is 41.6 Å². The number of benzene rings is 2. The Labute approximate surface area is 176 Å². The average molecular weight is 445 g/mol. The van der Waals surface area contributed by atoms with Gasteiger partial charge in [-0.15, -0.1) is 0 Å². The van der Waals surface area contributed by atoms with Gasteiger partial charge in [-0.3, -0.25) is 9.69 Å². The molecule has 1 fully saturated rings. The summed E-state index contributed by atoms with van der Waals surface area (Å²) >= 11 is 3.54. The lowest BCUT2D eigenvalue weighted by Gasteiger charge is -2.32. The predicted molar refractivity (Wildman–Crippen MR) is 116 cm³/mol. The number of amides is 1. The molecule has 1 amide bonds. The van der Waals surface area contributed by atoms with E-state index in [1.54, 1.807) is 7.11 Å². The summed E-state index contributed by atoms with van der Waals surface area (Å²) in [5, 5.41) is 3.13. The van der Waals surface area contributed by atoms with Crippen LogP contribution in [0.5, 0.6) is 5.75 Å². The maximum absolute atomic E-state index is 12.2. The minimum absolute atomic E-state index is 0.149. The minimum atomic E-state index is 0.149. The zero-order chi connectivity index (χ0) is 19.8. The van der Waals surface area contributed by atoms with Gasteiger partial charge in [0.25, 0.3) is 0 Å². The smallest absolute Gasteiger partial charge is 0.220 e. The van der Waals surface area contributed by atoms with Gasteiger partial charge in [0.1, 0.15) is 5.75 Å². The molecule has 2 aromatic rings. The van der Waals surface area contributed by atoms with E-state index in [1.807, 2.05) is 30.3 Å². The first-order chi connectivity index (χ1) is 13.6. The largest absolute Gasteiger partial charge is 0.497 e. The van der Waals surface area contributed by atoms with E-state index in [9.17, 15) is 4.79 Å². The fourth-order valence-corrected chi connectivity index (χ4v) is 4.12. The number of methoxy groups -OCH3 is 1. The molecule has 0 radical (unpaired) electrons. The number of piperidine rings is 1. The predicted octanol–water partition coefficient (Wildman–Crippen LogP) is 4.42. The monoisotopic (exact) mass is 444 g/mol. The Hall–Kier alpha value is -1.85. The van der Waals surface area contributed by atoms with Crippen LogP contribution in [0.25, 0.3) is 0 Å². The lowest BCUT2D eigenvalue weighted by molar-refractivity contribution is -0.121. The maximum atomic E-state index is 12.2. The second-order valence-corrected chi connectivity index (χ2v) is 8.32. The second kappa shape index (κ2) is 10.6. The molecule has 0 saturated carbocycles. The third-order valence-corrected chi connectivity index (χ3v) is 6.21. The highest BCUT2D eigenvalue weighted by Crippen LogP contribution is 2.20. The lowest BCUT2D eigenvalue weighted by atomic mass is 9.96. The molecule has 0 spiro atoms. The number of hydrogen-bond acceptors (Lipinski definition) is 3. The molecule has 1 N–H and O–H groups in total. The van der Waals surface area contributed by atoms with Gasteiger partial charge in [-0.05, 0) is 67.6 Å². The Balaban J connectivity index is 1.33. The van der Waals surface area contributed by atoms with E-state index in [0.29, 0.717) is 12.3 Å². The summed E-state index contributed by atoms with van der Waals surface area (Å²) < 4.78 is 6.29. The Morgan fingerprint density at radius 2 is 1.86 bits per heavy atom. The first kappa shape index (κ1) is 20.9. The fourth-order valence-electron chi connectivity index (χ4n) is 3.63. The average Bonchev–Trinajstić information content (AvgIpc) is 2.73. The fraction of sp³-hybridized carbons (Fsp3) is 0.435. The lowest BCUT2D eigenvalue weighted by Crippen LogP contribution is -2.38. The normalized spacial score (nSPS) is 15.4.